The highest BCUT2D eigenvalue weighted by atomic mass is 16.5. The van der Waals surface area contributed by atoms with Crippen LogP contribution < -0.4 is 11.1 Å². The summed E-state index contributed by atoms with van der Waals surface area (Å²) < 4.78 is 5.54. The van der Waals surface area contributed by atoms with Crippen molar-refractivity contribution in [3.05, 3.63) is 29.8 Å². The minimum Gasteiger partial charge on any atom is -0.374 e. The maximum absolute atomic E-state index is 11.8. The molecule has 0 aliphatic rings. The standard InChI is InChI=1S/C15H24N2O2/c1-4-6-14(16)15(18)17-13-8-5-7-12(9-13)10-19-11(2)3/h5,7-9,11,14H,4,6,10,16H2,1-3H3,(H,17,18). The summed E-state index contributed by atoms with van der Waals surface area (Å²) in [5.41, 5.74) is 7.58. The zero-order chi connectivity index (χ0) is 14.3. The van der Waals surface area contributed by atoms with E-state index in [4.69, 9.17) is 10.5 Å². The molecule has 0 aliphatic carbocycles. The van der Waals surface area contributed by atoms with Crippen molar-refractivity contribution in [1.29, 1.82) is 0 Å². The third-order valence-corrected chi connectivity index (χ3v) is 2.71. The number of carbonyl (C=O) groups excluding carboxylic acids is 1. The lowest BCUT2D eigenvalue weighted by molar-refractivity contribution is -0.117. The second-order valence-corrected chi connectivity index (χ2v) is 4.94. The van der Waals surface area contributed by atoms with Crippen LogP contribution in [0.5, 0.6) is 0 Å². The maximum atomic E-state index is 11.8. The van der Waals surface area contributed by atoms with Crippen LogP contribution in [0.2, 0.25) is 0 Å². The van der Waals surface area contributed by atoms with E-state index in [-0.39, 0.29) is 12.0 Å². The van der Waals surface area contributed by atoms with Gasteiger partial charge in [0, 0.05) is 5.69 Å². The van der Waals surface area contributed by atoms with Crippen LogP contribution in [0, 0.1) is 0 Å². The average Bonchev–Trinajstić information content (AvgIpc) is 2.37. The predicted molar refractivity (Wildman–Crippen MR) is 77.9 cm³/mol. The minimum absolute atomic E-state index is 0.135. The van der Waals surface area contributed by atoms with Crippen molar-refractivity contribution in [1.82, 2.24) is 0 Å². The molecule has 1 aromatic carbocycles. The molecule has 4 nitrogen and oxygen atoms in total. The number of amides is 1. The monoisotopic (exact) mass is 264 g/mol. The lowest BCUT2D eigenvalue weighted by atomic mass is 10.1. The number of nitrogens with two attached hydrogens (primary N) is 1. The predicted octanol–water partition coefficient (Wildman–Crippen LogP) is 2.68. The molecule has 1 aromatic rings. The van der Waals surface area contributed by atoms with Gasteiger partial charge >= 0.3 is 0 Å². The van der Waals surface area contributed by atoms with Crippen LogP contribution in [0.25, 0.3) is 0 Å². The van der Waals surface area contributed by atoms with Gasteiger partial charge < -0.3 is 15.8 Å². The fourth-order valence-corrected chi connectivity index (χ4v) is 1.68. The third-order valence-electron chi connectivity index (χ3n) is 2.71. The zero-order valence-corrected chi connectivity index (χ0v) is 12.0. The molecule has 0 aliphatic heterocycles. The number of hydrogen-bond donors (Lipinski definition) is 2. The van der Waals surface area contributed by atoms with Gasteiger partial charge in [0.1, 0.15) is 0 Å². The van der Waals surface area contributed by atoms with Crippen LogP contribution in [-0.2, 0) is 16.1 Å². The topological polar surface area (TPSA) is 64.4 Å². The van der Waals surface area contributed by atoms with E-state index in [2.05, 4.69) is 5.32 Å². The van der Waals surface area contributed by atoms with E-state index in [1.807, 2.05) is 45.0 Å². The first kappa shape index (κ1) is 15.7. The van der Waals surface area contributed by atoms with Gasteiger partial charge in [-0.25, -0.2) is 0 Å². The summed E-state index contributed by atoms with van der Waals surface area (Å²) in [5, 5.41) is 2.84. The summed E-state index contributed by atoms with van der Waals surface area (Å²) >= 11 is 0. The number of benzene rings is 1. The van der Waals surface area contributed by atoms with Crippen LogP contribution in [0.4, 0.5) is 5.69 Å². The van der Waals surface area contributed by atoms with Crippen LogP contribution in [-0.4, -0.2) is 18.1 Å². The van der Waals surface area contributed by atoms with Gasteiger partial charge in [-0.2, -0.15) is 0 Å². The molecule has 19 heavy (non-hydrogen) atoms. The number of rotatable bonds is 7. The second kappa shape index (κ2) is 7.92. The molecule has 0 spiro atoms. The molecule has 0 radical (unpaired) electrons. The van der Waals surface area contributed by atoms with Crippen molar-refractivity contribution in [3.8, 4) is 0 Å². The molecule has 4 heteroatoms. The molecule has 106 valence electrons. The van der Waals surface area contributed by atoms with E-state index < -0.39 is 6.04 Å². The molecule has 1 unspecified atom stereocenters. The summed E-state index contributed by atoms with van der Waals surface area (Å²) in [5.74, 6) is -0.135. The Morgan fingerprint density at radius 1 is 1.42 bits per heavy atom. The van der Waals surface area contributed by atoms with Crippen LogP contribution in [0.1, 0.15) is 39.2 Å². The number of ether oxygens (including phenoxy) is 1. The van der Waals surface area contributed by atoms with E-state index in [1.54, 1.807) is 0 Å². The van der Waals surface area contributed by atoms with E-state index in [0.717, 1.165) is 17.7 Å². The average molecular weight is 264 g/mol. The van der Waals surface area contributed by atoms with Gasteiger partial charge in [-0.3, -0.25) is 4.79 Å². The molecule has 0 saturated heterocycles. The molecule has 0 saturated carbocycles. The lowest BCUT2D eigenvalue weighted by Crippen LogP contribution is -2.35. The Bertz CT molecular complexity index is 405. The molecule has 1 rings (SSSR count). The molecule has 1 amide bonds. The van der Waals surface area contributed by atoms with E-state index >= 15 is 0 Å². The van der Waals surface area contributed by atoms with Crippen molar-refractivity contribution in [2.24, 2.45) is 5.73 Å². The van der Waals surface area contributed by atoms with Gasteiger partial charge in [0.2, 0.25) is 5.91 Å². The third kappa shape index (κ3) is 5.85. The normalized spacial score (nSPS) is 12.5. The van der Waals surface area contributed by atoms with Crippen molar-refractivity contribution in [3.63, 3.8) is 0 Å². The fourth-order valence-electron chi connectivity index (χ4n) is 1.68. The summed E-state index contributed by atoms with van der Waals surface area (Å²) in [6, 6.07) is 7.21. The van der Waals surface area contributed by atoms with Gasteiger partial charge in [0.25, 0.3) is 0 Å². The highest BCUT2D eigenvalue weighted by molar-refractivity contribution is 5.94. The summed E-state index contributed by atoms with van der Waals surface area (Å²) in [6.07, 6.45) is 1.79. The molecular weight excluding hydrogens is 240 g/mol. The summed E-state index contributed by atoms with van der Waals surface area (Å²) in [6.45, 7) is 6.55. The smallest absolute Gasteiger partial charge is 0.241 e. The number of carbonyl (C=O) groups is 1. The van der Waals surface area contributed by atoms with Gasteiger partial charge in [0.05, 0.1) is 18.8 Å². The Labute approximate surface area is 115 Å². The minimum atomic E-state index is -0.444. The van der Waals surface area contributed by atoms with Crippen molar-refractivity contribution in [2.45, 2.75) is 52.4 Å². The Kier molecular flexibility index (Phi) is 6.53. The van der Waals surface area contributed by atoms with E-state index in [1.165, 1.54) is 0 Å². The number of nitrogens with one attached hydrogen (secondary N) is 1. The highest BCUT2D eigenvalue weighted by Gasteiger charge is 2.12. The van der Waals surface area contributed by atoms with Gasteiger partial charge in [0.15, 0.2) is 0 Å². The second-order valence-electron chi connectivity index (χ2n) is 4.94. The van der Waals surface area contributed by atoms with E-state index in [9.17, 15) is 4.79 Å². The Morgan fingerprint density at radius 2 is 2.16 bits per heavy atom. The van der Waals surface area contributed by atoms with Crippen molar-refractivity contribution in [2.75, 3.05) is 5.32 Å². The first-order chi connectivity index (χ1) is 9.02. The number of anilines is 1. The lowest BCUT2D eigenvalue weighted by Gasteiger charge is -2.12. The van der Waals surface area contributed by atoms with Gasteiger partial charge in [-0.1, -0.05) is 25.5 Å². The van der Waals surface area contributed by atoms with Crippen LogP contribution in [0.3, 0.4) is 0 Å². The van der Waals surface area contributed by atoms with Gasteiger partial charge in [-0.15, -0.1) is 0 Å². The largest absolute Gasteiger partial charge is 0.374 e. The van der Waals surface area contributed by atoms with Crippen LogP contribution in [0.15, 0.2) is 24.3 Å². The molecule has 0 aromatic heterocycles. The Morgan fingerprint density at radius 3 is 2.79 bits per heavy atom. The van der Waals surface area contributed by atoms with Gasteiger partial charge in [-0.05, 0) is 38.0 Å². The summed E-state index contributed by atoms with van der Waals surface area (Å²) in [4.78, 5) is 11.8. The SMILES string of the molecule is CCCC(N)C(=O)Nc1cccc(COC(C)C)c1. The Hall–Kier alpha value is -1.39. The molecular formula is C15H24N2O2. The van der Waals surface area contributed by atoms with Crippen molar-refractivity contribution < 1.29 is 9.53 Å². The molecule has 3 N–H and O–H groups in total. The molecule has 0 fully saturated rings. The maximum Gasteiger partial charge on any atom is 0.241 e. The number of hydrogen-bond acceptors (Lipinski definition) is 3. The molecule has 1 atom stereocenters. The zero-order valence-electron chi connectivity index (χ0n) is 12.0. The highest BCUT2D eigenvalue weighted by Crippen LogP contribution is 2.13. The van der Waals surface area contributed by atoms with Crippen molar-refractivity contribution >= 4 is 11.6 Å². The first-order valence-electron chi connectivity index (χ1n) is 6.80. The molecule has 0 bridgehead atoms. The quantitative estimate of drug-likeness (QED) is 0.795. The first-order valence-corrected chi connectivity index (χ1v) is 6.80. The molecule has 0 heterocycles. The van der Waals surface area contributed by atoms with Crippen LogP contribution >= 0.6 is 0 Å². The summed E-state index contributed by atoms with van der Waals surface area (Å²) in [7, 11) is 0. The fraction of sp³-hybridized carbons (Fsp3) is 0.533. The van der Waals surface area contributed by atoms with E-state index in [0.29, 0.717) is 13.0 Å². The Balaban J connectivity index is 2.59.